The molecule has 0 spiro atoms. The molecule has 0 aliphatic rings. The third-order valence-corrected chi connectivity index (χ3v) is 4.02. The van der Waals surface area contributed by atoms with Gasteiger partial charge in [0.25, 0.3) is 0 Å². The van der Waals surface area contributed by atoms with Crippen molar-refractivity contribution in [3.05, 3.63) is 64.7 Å². The number of hydrogen-bond acceptors (Lipinski definition) is 4. The van der Waals surface area contributed by atoms with Gasteiger partial charge in [0.2, 0.25) is 12.0 Å². The van der Waals surface area contributed by atoms with Gasteiger partial charge in [0.05, 0.1) is 12.1 Å². The third kappa shape index (κ3) is 6.75. The molecule has 1 unspecified atom stereocenters. The van der Waals surface area contributed by atoms with E-state index in [2.05, 4.69) is 5.32 Å². The number of carbonyl (C=O) groups is 2. The quantitative estimate of drug-likeness (QED) is 0.388. The number of halogens is 4. The van der Waals surface area contributed by atoms with Crippen molar-refractivity contribution in [2.24, 2.45) is 0 Å². The average molecular weight is 427 g/mol. The summed E-state index contributed by atoms with van der Waals surface area (Å²) in [6.07, 6.45) is -6.08. The maximum Gasteiger partial charge on any atom is 0.416 e. The highest BCUT2D eigenvalue weighted by Crippen LogP contribution is 2.34. The molecule has 162 valence electrons. The monoisotopic (exact) mass is 427 g/mol. The SMILES string of the molecule is CC(=O)NCCOC(=O)C(Oc1cc(CF)cc(C(F)(F)F)c1)c1ccc(C)cc1. The van der Waals surface area contributed by atoms with Crippen LogP contribution in [0.4, 0.5) is 17.6 Å². The van der Waals surface area contributed by atoms with E-state index in [1.807, 2.05) is 6.92 Å². The van der Waals surface area contributed by atoms with Gasteiger partial charge in [0, 0.05) is 12.5 Å². The van der Waals surface area contributed by atoms with E-state index in [0.717, 1.165) is 11.6 Å². The van der Waals surface area contributed by atoms with Gasteiger partial charge in [0.15, 0.2) is 0 Å². The summed E-state index contributed by atoms with van der Waals surface area (Å²) in [6, 6.07) is 9.05. The molecule has 0 bridgehead atoms. The zero-order valence-electron chi connectivity index (χ0n) is 16.4. The zero-order chi connectivity index (χ0) is 22.3. The first-order valence-corrected chi connectivity index (χ1v) is 9.01. The molecule has 0 aromatic heterocycles. The number of nitrogens with one attached hydrogen (secondary N) is 1. The maximum atomic E-state index is 13.1. The summed E-state index contributed by atoms with van der Waals surface area (Å²) in [5.74, 6) is -1.48. The van der Waals surface area contributed by atoms with Crippen LogP contribution >= 0.6 is 0 Å². The van der Waals surface area contributed by atoms with Crippen LogP contribution in [0.15, 0.2) is 42.5 Å². The summed E-state index contributed by atoms with van der Waals surface area (Å²) in [4.78, 5) is 23.4. The minimum atomic E-state index is -4.71. The first-order chi connectivity index (χ1) is 14.1. The number of carbonyl (C=O) groups excluding carboxylic acids is 2. The summed E-state index contributed by atoms with van der Waals surface area (Å²) in [6.45, 7) is 1.91. The third-order valence-electron chi connectivity index (χ3n) is 4.02. The van der Waals surface area contributed by atoms with Crippen LogP contribution in [-0.4, -0.2) is 25.0 Å². The Labute approximate surface area is 171 Å². The molecule has 2 aromatic carbocycles. The van der Waals surface area contributed by atoms with E-state index in [9.17, 15) is 27.2 Å². The second-order valence-electron chi connectivity index (χ2n) is 6.56. The molecule has 30 heavy (non-hydrogen) atoms. The molecule has 0 aliphatic carbocycles. The smallest absolute Gasteiger partial charge is 0.416 e. The first kappa shape index (κ1) is 23.2. The molecule has 2 rings (SSSR count). The van der Waals surface area contributed by atoms with E-state index in [0.29, 0.717) is 17.7 Å². The summed E-state index contributed by atoms with van der Waals surface area (Å²) in [5.41, 5.74) is -0.0736. The molecular weight excluding hydrogens is 406 g/mol. The molecule has 0 saturated heterocycles. The van der Waals surface area contributed by atoms with Crippen molar-refractivity contribution < 1.29 is 36.6 Å². The lowest BCUT2D eigenvalue weighted by Crippen LogP contribution is -2.28. The van der Waals surface area contributed by atoms with Crippen molar-refractivity contribution in [1.82, 2.24) is 5.32 Å². The molecule has 0 heterocycles. The molecule has 1 N–H and O–H groups in total. The molecule has 5 nitrogen and oxygen atoms in total. The summed E-state index contributed by atoms with van der Waals surface area (Å²) >= 11 is 0. The molecular formula is C21H21F4NO4. The van der Waals surface area contributed by atoms with Crippen molar-refractivity contribution >= 4 is 11.9 Å². The van der Waals surface area contributed by atoms with Crippen molar-refractivity contribution in [2.75, 3.05) is 13.2 Å². The lowest BCUT2D eigenvalue weighted by Gasteiger charge is -2.20. The highest BCUT2D eigenvalue weighted by atomic mass is 19.4. The van der Waals surface area contributed by atoms with Gasteiger partial charge < -0.3 is 14.8 Å². The Morgan fingerprint density at radius 3 is 2.33 bits per heavy atom. The Balaban J connectivity index is 2.30. The van der Waals surface area contributed by atoms with E-state index < -0.39 is 30.5 Å². The fourth-order valence-electron chi connectivity index (χ4n) is 2.55. The van der Waals surface area contributed by atoms with Crippen molar-refractivity contribution in [1.29, 1.82) is 0 Å². The summed E-state index contributed by atoms with van der Waals surface area (Å²) in [7, 11) is 0. The molecule has 1 atom stereocenters. The van der Waals surface area contributed by atoms with Crippen LogP contribution in [0.1, 0.15) is 35.3 Å². The van der Waals surface area contributed by atoms with Gasteiger partial charge in [0.1, 0.15) is 19.0 Å². The average Bonchev–Trinajstić information content (AvgIpc) is 2.69. The van der Waals surface area contributed by atoms with Crippen molar-refractivity contribution in [3.8, 4) is 5.75 Å². The number of hydrogen-bond donors (Lipinski definition) is 1. The molecule has 1 amide bonds. The van der Waals surface area contributed by atoms with E-state index in [1.54, 1.807) is 24.3 Å². The minimum absolute atomic E-state index is 0.0667. The highest BCUT2D eigenvalue weighted by molar-refractivity contribution is 5.77. The number of aryl methyl sites for hydroxylation is 1. The van der Waals surface area contributed by atoms with Crippen LogP contribution in [-0.2, 0) is 27.2 Å². The molecule has 0 fully saturated rings. The van der Waals surface area contributed by atoms with Gasteiger partial charge >= 0.3 is 12.1 Å². The fourth-order valence-corrected chi connectivity index (χ4v) is 2.55. The topological polar surface area (TPSA) is 64.6 Å². The second kappa shape index (κ2) is 10.1. The Morgan fingerprint density at radius 1 is 1.10 bits per heavy atom. The highest BCUT2D eigenvalue weighted by Gasteiger charge is 2.32. The Bertz CT molecular complexity index is 882. The van der Waals surface area contributed by atoms with Gasteiger partial charge in [-0.15, -0.1) is 0 Å². The van der Waals surface area contributed by atoms with Gasteiger partial charge in [-0.2, -0.15) is 13.2 Å². The largest absolute Gasteiger partial charge is 0.474 e. The normalized spacial score (nSPS) is 12.2. The van der Waals surface area contributed by atoms with E-state index in [4.69, 9.17) is 9.47 Å². The lowest BCUT2D eigenvalue weighted by atomic mass is 10.1. The number of ether oxygens (including phenoxy) is 2. The van der Waals surface area contributed by atoms with Crippen molar-refractivity contribution in [2.45, 2.75) is 32.8 Å². The minimum Gasteiger partial charge on any atom is -0.474 e. The van der Waals surface area contributed by atoms with Crippen molar-refractivity contribution in [3.63, 3.8) is 0 Å². The Hall–Kier alpha value is -3.10. The van der Waals surface area contributed by atoms with Crippen LogP contribution in [0, 0.1) is 6.92 Å². The van der Waals surface area contributed by atoms with Gasteiger partial charge in [-0.1, -0.05) is 29.8 Å². The molecule has 9 heteroatoms. The number of rotatable bonds is 8. The molecule has 0 aliphatic heterocycles. The Morgan fingerprint density at radius 2 is 1.77 bits per heavy atom. The van der Waals surface area contributed by atoms with Crippen LogP contribution < -0.4 is 10.1 Å². The van der Waals surface area contributed by atoms with E-state index in [-0.39, 0.29) is 30.4 Å². The van der Waals surface area contributed by atoms with Gasteiger partial charge in [-0.3, -0.25) is 4.79 Å². The van der Waals surface area contributed by atoms with Crippen LogP contribution in [0.25, 0.3) is 0 Å². The molecule has 2 aromatic rings. The lowest BCUT2D eigenvalue weighted by molar-refractivity contribution is -0.152. The molecule has 0 radical (unpaired) electrons. The first-order valence-electron chi connectivity index (χ1n) is 9.01. The number of esters is 1. The zero-order valence-corrected chi connectivity index (χ0v) is 16.4. The van der Waals surface area contributed by atoms with Gasteiger partial charge in [-0.25, -0.2) is 9.18 Å². The predicted octanol–water partition coefficient (Wildman–Crippen LogP) is 4.28. The van der Waals surface area contributed by atoms with Crippen LogP contribution in [0.5, 0.6) is 5.75 Å². The second-order valence-corrected chi connectivity index (χ2v) is 6.56. The van der Waals surface area contributed by atoms with Crippen LogP contribution in [0.3, 0.4) is 0 Å². The summed E-state index contributed by atoms with van der Waals surface area (Å²) in [5, 5.41) is 2.45. The van der Waals surface area contributed by atoms with E-state index in [1.165, 1.54) is 6.92 Å². The van der Waals surface area contributed by atoms with Crippen LogP contribution in [0.2, 0.25) is 0 Å². The Kier molecular flexibility index (Phi) is 7.79. The van der Waals surface area contributed by atoms with Gasteiger partial charge in [-0.05, 0) is 30.7 Å². The standard InChI is InChI=1S/C21H21F4NO4/c1-13-3-5-16(6-4-13)19(20(28)29-8-7-26-14(2)27)30-18-10-15(12-22)9-17(11-18)21(23,24)25/h3-6,9-11,19H,7-8,12H2,1-2H3,(H,26,27). The van der Waals surface area contributed by atoms with E-state index >= 15 is 0 Å². The molecule has 0 saturated carbocycles. The number of alkyl halides is 4. The predicted molar refractivity (Wildman–Crippen MR) is 100 cm³/mol. The summed E-state index contributed by atoms with van der Waals surface area (Å²) < 4.78 is 63.0. The fraction of sp³-hybridized carbons (Fsp3) is 0.333. The maximum absolute atomic E-state index is 13.1. The number of benzene rings is 2. The number of amides is 1.